The van der Waals surface area contributed by atoms with E-state index < -0.39 is 0 Å². The summed E-state index contributed by atoms with van der Waals surface area (Å²) in [7, 11) is 0. The highest BCUT2D eigenvalue weighted by atomic mass is 14.3. The number of fused-ring (bicyclic) bond motifs is 3. The summed E-state index contributed by atoms with van der Waals surface area (Å²) in [4.78, 5) is 0. The second kappa shape index (κ2) is 7.65. The number of hydrogen-bond donors (Lipinski definition) is 0. The smallest absolute Gasteiger partial charge is 0.0000253 e. The average Bonchev–Trinajstić information content (AvgIpc) is 3.88. The molecule has 0 amide bonds. The van der Waals surface area contributed by atoms with Crippen LogP contribution < -0.4 is 0 Å². The van der Waals surface area contributed by atoms with Gasteiger partial charge in [0.05, 0.1) is 0 Å². The van der Waals surface area contributed by atoms with Gasteiger partial charge in [-0.1, -0.05) is 103 Å². The van der Waals surface area contributed by atoms with Gasteiger partial charge < -0.3 is 0 Å². The SMILES string of the molecule is c1cc2ccc3cc4c5c6ccc7ccc8cc9ccc%10ccc%11ccc%12c%13cc%14ccc%15cc%16cc(c1)c2c3c%16c4c(c%15%14)c5c%13c1c6c(c78)c2c9c%10c%11c%12c12. The molecule has 18 aromatic carbocycles. The molecule has 0 aliphatic rings. The van der Waals surface area contributed by atoms with Crippen LogP contribution in [0, 0.1) is 0 Å². The van der Waals surface area contributed by atoms with Crippen molar-refractivity contribution in [2.75, 3.05) is 0 Å². The monoisotopic (exact) mass is 694 g/mol. The van der Waals surface area contributed by atoms with Crippen LogP contribution in [-0.4, -0.2) is 0 Å². The fourth-order valence-corrected chi connectivity index (χ4v) is 13.4. The predicted octanol–water partition coefficient (Wildman–Crippen LogP) is 16.2. The first kappa shape index (κ1) is 25.7. The highest BCUT2D eigenvalue weighted by Gasteiger charge is 2.32. The molecule has 56 heavy (non-hydrogen) atoms. The molecule has 0 aliphatic carbocycles. The van der Waals surface area contributed by atoms with Crippen LogP contribution in [0.1, 0.15) is 0 Å². The Morgan fingerprint density at radius 1 is 0.143 bits per heavy atom. The lowest BCUT2D eigenvalue weighted by molar-refractivity contribution is 1.83. The zero-order valence-electron chi connectivity index (χ0n) is 29.7. The molecule has 0 atom stereocenters. The van der Waals surface area contributed by atoms with Crippen molar-refractivity contribution in [3.8, 4) is 0 Å². The van der Waals surface area contributed by atoms with Crippen molar-refractivity contribution in [3.63, 3.8) is 0 Å². The van der Waals surface area contributed by atoms with Gasteiger partial charge >= 0.3 is 0 Å². The van der Waals surface area contributed by atoms with E-state index in [4.69, 9.17) is 0 Å². The molecule has 0 N–H and O–H groups in total. The maximum Gasteiger partial charge on any atom is -0.0000253 e. The summed E-state index contributed by atoms with van der Waals surface area (Å²) in [6.45, 7) is 0. The van der Waals surface area contributed by atoms with Gasteiger partial charge in [-0.2, -0.15) is 0 Å². The third kappa shape index (κ3) is 2.31. The molecule has 0 heterocycles. The first-order chi connectivity index (χ1) is 27.8. The van der Waals surface area contributed by atoms with E-state index in [0.29, 0.717) is 0 Å². The van der Waals surface area contributed by atoms with Crippen molar-refractivity contribution >= 4 is 183 Å². The summed E-state index contributed by atoms with van der Waals surface area (Å²) in [6.07, 6.45) is 0. The van der Waals surface area contributed by atoms with Crippen LogP contribution in [0.25, 0.3) is 183 Å². The molecule has 0 aliphatic heterocycles. The molecular formula is C56H22. The van der Waals surface area contributed by atoms with Crippen LogP contribution in [0.3, 0.4) is 0 Å². The molecule has 0 spiro atoms. The van der Waals surface area contributed by atoms with Crippen LogP contribution in [0.4, 0.5) is 0 Å². The Hall–Kier alpha value is -7.28. The summed E-state index contributed by atoms with van der Waals surface area (Å²) in [6, 6.07) is 53.1. The lowest BCUT2D eigenvalue weighted by Crippen LogP contribution is -1.89. The molecule has 18 aromatic rings. The summed E-state index contributed by atoms with van der Waals surface area (Å²) in [5.74, 6) is 0. The third-order valence-corrected chi connectivity index (χ3v) is 15.2. The summed E-state index contributed by atoms with van der Waals surface area (Å²) >= 11 is 0. The Morgan fingerprint density at radius 2 is 0.464 bits per heavy atom. The molecule has 0 saturated heterocycles. The molecule has 0 aromatic heterocycles. The van der Waals surface area contributed by atoms with E-state index in [-0.39, 0.29) is 0 Å². The zero-order valence-corrected chi connectivity index (χ0v) is 29.7. The minimum atomic E-state index is 1.32. The van der Waals surface area contributed by atoms with Gasteiger partial charge in [0.2, 0.25) is 0 Å². The Morgan fingerprint density at radius 3 is 1.23 bits per heavy atom. The largest absolute Gasteiger partial charge is 0.0610 e. The minimum absolute atomic E-state index is 1.32. The molecule has 0 nitrogen and oxygen atoms in total. The summed E-state index contributed by atoms with van der Waals surface area (Å²) < 4.78 is 0. The highest BCUT2D eigenvalue weighted by molar-refractivity contribution is 6.62. The van der Waals surface area contributed by atoms with E-state index in [1.807, 2.05) is 0 Å². The second-order valence-electron chi connectivity index (χ2n) is 17.4. The Labute approximate surface area is 315 Å². The average molecular weight is 695 g/mol. The van der Waals surface area contributed by atoms with Gasteiger partial charge in [-0.05, 0) is 213 Å². The van der Waals surface area contributed by atoms with Crippen molar-refractivity contribution in [3.05, 3.63) is 133 Å². The van der Waals surface area contributed by atoms with E-state index in [9.17, 15) is 0 Å². The van der Waals surface area contributed by atoms with Crippen LogP contribution in [0.15, 0.2) is 133 Å². The van der Waals surface area contributed by atoms with Gasteiger partial charge in [0.15, 0.2) is 0 Å². The van der Waals surface area contributed by atoms with Gasteiger partial charge in [0.25, 0.3) is 0 Å². The maximum atomic E-state index is 2.59. The van der Waals surface area contributed by atoms with Gasteiger partial charge in [-0.25, -0.2) is 0 Å². The molecule has 0 fully saturated rings. The van der Waals surface area contributed by atoms with Crippen molar-refractivity contribution < 1.29 is 0 Å². The van der Waals surface area contributed by atoms with Crippen LogP contribution in [-0.2, 0) is 0 Å². The van der Waals surface area contributed by atoms with Crippen molar-refractivity contribution in [2.45, 2.75) is 0 Å². The molecular weight excluding hydrogens is 673 g/mol. The molecule has 0 heteroatoms. The van der Waals surface area contributed by atoms with Crippen LogP contribution in [0.2, 0.25) is 0 Å². The van der Waals surface area contributed by atoms with Gasteiger partial charge in [-0.15, -0.1) is 0 Å². The van der Waals surface area contributed by atoms with E-state index in [2.05, 4.69) is 133 Å². The first-order valence-electron chi connectivity index (χ1n) is 20.0. The van der Waals surface area contributed by atoms with Gasteiger partial charge in [-0.3, -0.25) is 0 Å². The lowest BCUT2D eigenvalue weighted by atomic mass is 9.84. The van der Waals surface area contributed by atoms with Crippen LogP contribution >= 0.6 is 0 Å². The number of rotatable bonds is 0. The Kier molecular flexibility index (Phi) is 3.51. The molecule has 0 radical (unpaired) electrons. The number of benzene rings is 10. The van der Waals surface area contributed by atoms with Crippen molar-refractivity contribution in [1.29, 1.82) is 0 Å². The fraction of sp³-hybridized carbons (Fsp3) is 0. The van der Waals surface area contributed by atoms with E-state index in [1.54, 1.807) is 0 Å². The third-order valence-electron chi connectivity index (χ3n) is 15.2. The molecule has 246 valence electrons. The standard InChI is InChI=1S/C56H22/c1-2-23-6-11-32-22-37-46-35-17-15-24-7-9-28-18-30-10-8-25-4-5-26-14-16-34-36-21-31-13-12-29-20-33-19-27(3-1)38(23)43(32)45(33)50(37)52(40(29)31)54(46)49(36)55-48(35)51(39(24)28)53-44(30)41(25)42(26)47(34)56(53)55/h1-22H. The molecule has 0 saturated carbocycles. The van der Waals surface area contributed by atoms with Crippen molar-refractivity contribution in [2.24, 2.45) is 0 Å². The van der Waals surface area contributed by atoms with Crippen molar-refractivity contribution in [1.82, 2.24) is 0 Å². The molecule has 0 unspecified atom stereocenters. The predicted molar refractivity (Wildman–Crippen MR) is 245 cm³/mol. The first-order valence-corrected chi connectivity index (χ1v) is 20.0. The Balaban J connectivity index is 1.32. The quantitative estimate of drug-likeness (QED) is 0.109. The van der Waals surface area contributed by atoms with E-state index in [1.165, 1.54) is 183 Å². The maximum absolute atomic E-state index is 2.59. The Bertz CT molecular complexity index is 4770. The highest BCUT2D eigenvalue weighted by Crippen LogP contribution is 2.61. The van der Waals surface area contributed by atoms with Gasteiger partial charge in [0.1, 0.15) is 0 Å². The van der Waals surface area contributed by atoms with E-state index in [0.717, 1.165) is 0 Å². The molecule has 0 bridgehead atoms. The summed E-state index contributed by atoms with van der Waals surface area (Å²) in [5, 5.41) is 47.6. The second-order valence-corrected chi connectivity index (χ2v) is 17.4. The zero-order chi connectivity index (χ0) is 35.2. The van der Waals surface area contributed by atoms with Crippen LogP contribution in [0.5, 0.6) is 0 Å². The minimum Gasteiger partial charge on any atom is -0.0610 e. The normalized spacial score (nSPS) is 14.1. The summed E-state index contributed by atoms with van der Waals surface area (Å²) in [5.41, 5.74) is 0. The molecule has 18 rings (SSSR count). The lowest BCUT2D eigenvalue weighted by Gasteiger charge is -2.18. The van der Waals surface area contributed by atoms with E-state index >= 15 is 0 Å². The number of hydrogen-bond acceptors (Lipinski definition) is 0. The topological polar surface area (TPSA) is 0 Å². The fourth-order valence-electron chi connectivity index (χ4n) is 13.4. The van der Waals surface area contributed by atoms with Gasteiger partial charge in [0, 0.05) is 0 Å².